The normalized spacial score (nSPS) is 17.8. The standard InChI is InChI=1S/C23H29F3N4O/c1-27-22(28-14-17-6-4-7-18(12-17)15-29(2)3)30-10-11-31-21(16-30)19-8-5-9-20(13-19)23(24,25)26/h4-9,12-13,21H,10-11,14-16H2,1-3H3,(H,27,28). The van der Waals surface area contributed by atoms with Crippen molar-refractivity contribution in [3.05, 3.63) is 70.8 Å². The van der Waals surface area contributed by atoms with Crippen molar-refractivity contribution in [2.24, 2.45) is 4.99 Å². The Labute approximate surface area is 181 Å². The minimum atomic E-state index is -4.37. The number of alkyl halides is 3. The molecule has 2 aromatic carbocycles. The lowest BCUT2D eigenvalue weighted by Gasteiger charge is -2.35. The van der Waals surface area contributed by atoms with Crippen molar-refractivity contribution in [2.45, 2.75) is 25.4 Å². The summed E-state index contributed by atoms with van der Waals surface area (Å²) in [5.41, 5.74) is 2.23. The van der Waals surface area contributed by atoms with Gasteiger partial charge in [-0.25, -0.2) is 0 Å². The first-order valence-electron chi connectivity index (χ1n) is 10.2. The average Bonchev–Trinajstić information content (AvgIpc) is 2.74. The summed E-state index contributed by atoms with van der Waals surface area (Å²) in [6.07, 6.45) is -4.82. The van der Waals surface area contributed by atoms with E-state index in [-0.39, 0.29) is 0 Å². The monoisotopic (exact) mass is 434 g/mol. The van der Waals surface area contributed by atoms with Crippen molar-refractivity contribution in [1.82, 2.24) is 15.1 Å². The molecule has 8 heteroatoms. The number of guanidine groups is 1. The second kappa shape index (κ2) is 10.2. The topological polar surface area (TPSA) is 40.1 Å². The number of rotatable bonds is 5. The summed E-state index contributed by atoms with van der Waals surface area (Å²) in [7, 11) is 5.78. The number of hydrogen-bond donors (Lipinski definition) is 1. The maximum absolute atomic E-state index is 13.1. The molecule has 1 atom stereocenters. The third-order valence-corrected chi connectivity index (χ3v) is 5.10. The van der Waals surface area contributed by atoms with Crippen molar-refractivity contribution >= 4 is 5.96 Å². The molecule has 0 aromatic heterocycles. The van der Waals surface area contributed by atoms with Crippen LogP contribution in [0.4, 0.5) is 13.2 Å². The molecule has 5 nitrogen and oxygen atoms in total. The van der Waals surface area contributed by atoms with Gasteiger partial charge in [-0.2, -0.15) is 13.2 Å². The van der Waals surface area contributed by atoms with Crippen molar-refractivity contribution < 1.29 is 17.9 Å². The molecule has 0 radical (unpaired) electrons. The number of nitrogens with zero attached hydrogens (tertiary/aromatic N) is 3. The maximum Gasteiger partial charge on any atom is 0.416 e. The van der Waals surface area contributed by atoms with Crippen LogP contribution in [0.15, 0.2) is 53.5 Å². The summed E-state index contributed by atoms with van der Waals surface area (Å²) in [4.78, 5) is 8.51. The Morgan fingerprint density at radius 3 is 2.61 bits per heavy atom. The summed E-state index contributed by atoms with van der Waals surface area (Å²) < 4.78 is 45.0. The highest BCUT2D eigenvalue weighted by Crippen LogP contribution is 2.32. The fourth-order valence-corrected chi connectivity index (χ4v) is 3.68. The van der Waals surface area contributed by atoms with Crippen LogP contribution in [0.25, 0.3) is 0 Å². The van der Waals surface area contributed by atoms with Crippen LogP contribution in [-0.2, 0) is 24.0 Å². The summed E-state index contributed by atoms with van der Waals surface area (Å²) in [6.45, 7) is 2.95. The van der Waals surface area contributed by atoms with Crippen LogP contribution in [0.5, 0.6) is 0 Å². The zero-order valence-corrected chi connectivity index (χ0v) is 18.1. The largest absolute Gasteiger partial charge is 0.416 e. The van der Waals surface area contributed by atoms with Gasteiger partial charge < -0.3 is 19.9 Å². The zero-order valence-electron chi connectivity index (χ0n) is 18.1. The van der Waals surface area contributed by atoms with Crippen molar-refractivity contribution in [1.29, 1.82) is 0 Å². The van der Waals surface area contributed by atoms with Gasteiger partial charge in [0.15, 0.2) is 5.96 Å². The number of morpholine rings is 1. The van der Waals surface area contributed by atoms with E-state index in [2.05, 4.69) is 33.4 Å². The Morgan fingerprint density at radius 2 is 1.90 bits per heavy atom. The lowest BCUT2D eigenvalue weighted by Crippen LogP contribution is -2.48. The average molecular weight is 435 g/mol. The highest BCUT2D eigenvalue weighted by Gasteiger charge is 2.32. The van der Waals surface area contributed by atoms with Crippen LogP contribution in [0, 0.1) is 0 Å². The fourth-order valence-electron chi connectivity index (χ4n) is 3.68. The van der Waals surface area contributed by atoms with Crippen molar-refractivity contribution in [3.63, 3.8) is 0 Å². The smallest absolute Gasteiger partial charge is 0.370 e. The molecule has 1 unspecified atom stereocenters. The summed E-state index contributed by atoms with van der Waals surface area (Å²) >= 11 is 0. The van der Waals surface area contributed by atoms with Crippen LogP contribution in [0.2, 0.25) is 0 Å². The zero-order chi connectivity index (χ0) is 22.4. The second-order valence-electron chi connectivity index (χ2n) is 7.89. The van der Waals surface area contributed by atoms with Gasteiger partial charge in [0, 0.05) is 26.7 Å². The summed E-state index contributed by atoms with van der Waals surface area (Å²) in [6, 6.07) is 13.7. The van der Waals surface area contributed by atoms with E-state index in [1.807, 2.05) is 25.1 Å². The number of hydrogen-bond acceptors (Lipinski definition) is 3. The van der Waals surface area contributed by atoms with E-state index in [9.17, 15) is 13.2 Å². The second-order valence-corrected chi connectivity index (χ2v) is 7.89. The van der Waals surface area contributed by atoms with E-state index in [1.54, 1.807) is 13.1 Å². The molecular weight excluding hydrogens is 405 g/mol. The van der Waals surface area contributed by atoms with Crippen molar-refractivity contribution in [2.75, 3.05) is 40.8 Å². The molecule has 1 fully saturated rings. The Morgan fingerprint density at radius 1 is 1.16 bits per heavy atom. The summed E-state index contributed by atoms with van der Waals surface area (Å²) in [5.74, 6) is 0.707. The van der Waals surface area contributed by atoms with Crippen LogP contribution in [0.1, 0.15) is 28.4 Å². The number of ether oxygens (including phenoxy) is 1. The van der Waals surface area contributed by atoms with Gasteiger partial charge in [0.25, 0.3) is 0 Å². The van der Waals surface area contributed by atoms with Gasteiger partial charge in [-0.3, -0.25) is 4.99 Å². The van der Waals surface area contributed by atoms with Crippen molar-refractivity contribution in [3.8, 4) is 0 Å². The molecule has 3 rings (SSSR count). The maximum atomic E-state index is 13.1. The molecule has 1 saturated heterocycles. The van der Waals surface area contributed by atoms with Crippen LogP contribution in [0.3, 0.4) is 0 Å². The third-order valence-electron chi connectivity index (χ3n) is 5.10. The number of nitrogens with one attached hydrogen (secondary N) is 1. The molecule has 1 aliphatic heterocycles. The lowest BCUT2D eigenvalue weighted by atomic mass is 10.0. The first-order chi connectivity index (χ1) is 14.8. The molecule has 168 valence electrons. The molecule has 0 bridgehead atoms. The Bertz CT molecular complexity index is 898. The van der Waals surface area contributed by atoms with Gasteiger partial charge in [0.1, 0.15) is 6.10 Å². The van der Waals surface area contributed by atoms with Crippen LogP contribution < -0.4 is 5.32 Å². The molecule has 0 spiro atoms. The Hall–Kier alpha value is -2.58. The summed E-state index contributed by atoms with van der Waals surface area (Å²) in [5, 5.41) is 3.37. The van der Waals surface area contributed by atoms with E-state index in [0.717, 1.165) is 18.2 Å². The minimum absolute atomic E-state index is 0.417. The SMILES string of the molecule is CN=C(NCc1cccc(CN(C)C)c1)N1CCOC(c2cccc(C(F)(F)F)c2)C1. The van der Waals surface area contributed by atoms with Gasteiger partial charge in [0.05, 0.1) is 18.7 Å². The number of aliphatic imine (C=N–C) groups is 1. The van der Waals surface area contributed by atoms with Gasteiger partial charge in [-0.15, -0.1) is 0 Å². The lowest BCUT2D eigenvalue weighted by molar-refractivity contribution is -0.137. The highest BCUT2D eigenvalue weighted by atomic mass is 19.4. The first kappa shape index (κ1) is 23.1. The van der Waals surface area contributed by atoms with E-state index < -0.39 is 17.8 Å². The van der Waals surface area contributed by atoms with Gasteiger partial charge in [0.2, 0.25) is 0 Å². The Kier molecular flexibility index (Phi) is 7.56. The molecule has 1 N–H and O–H groups in total. The molecule has 0 amide bonds. The first-order valence-corrected chi connectivity index (χ1v) is 10.2. The molecule has 1 aliphatic rings. The van der Waals surface area contributed by atoms with E-state index in [4.69, 9.17) is 4.74 Å². The molecular formula is C23H29F3N4O. The predicted octanol–water partition coefficient (Wildman–Crippen LogP) is 3.92. The third kappa shape index (κ3) is 6.45. The van der Waals surface area contributed by atoms with E-state index >= 15 is 0 Å². The molecule has 0 aliphatic carbocycles. The number of benzene rings is 2. The minimum Gasteiger partial charge on any atom is -0.370 e. The molecule has 31 heavy (non-hydrogen) atoms. The molecule has 1 heterocycles. The quantitative estimate of drug-likeness (QED) is 0.572. The highest BCUT2D eigenvalue weighted by molar-refractivity contribution is 5.80. The molecule has 2 aromatic rings. The van der Waals surface area contributed by atoms with Crippen LogP contribution >= 0.6 is 0 Å². The predicted molar refractivity (Wildman–Crippen MR) is 116 cm³/mol. The van der Waals surface area contributed by atoms with Gasteiger partial charge in [-0.05, 0) is 42.9 Å². The fraction of sp³-hybridized carbons (Fsp3) is 0.435. The van der Waals surface area contributed by atoms with Gasteiger partial charge in [-0.1, -0.05) is 36.4 Å². The molecule has 0 saturated carbocycles. The van der Waals surface area contributed by atoms with Gasteiger partial charge >= 0.3 is 6.18 Å². The van der Waals surface area contributed by atoms with E-state index in [1.165, 1.54) is 17.7 Å². The Balaban J connectivity index is 1.65. The number of halogens is 3. The van der Waals surface area contributed by atoms with E-state index in [0.29, 0.717) is 37.8 Å². The van der Waals surface area contributed by atoms with Crippen LogP contribution in [-0.4, -0.2) is 56.6 Å².